The number of anilines is 3. The van der Waals surface area contributed by atoms with Crippen LogP contribution in [0.2, 0.25) is 0 Å². The predicted octanol–water partition coefficient (Wildman–Crippen LogP) is 3.73. The van der Waals surface area contributed by atoms with E-state index in [1.165, 1.54) is 11.2 Å². The van der Waals surface area contributed by atoms with Crippen LogP contribution in [0.3, 0.4) is 0 Å². The molecule has 1 fully saturated rings. The van der Waals surface area contributed by atoms with E-state index < -0.39 is 19.0 Å². The first-order valence-electron chi connectivity index (χ1n) is 11.1. The summed E-state index contributed by atoms with van der Waals surface area (Å²) in [7, 11) is 3.97. The summed E-state index contributed by atoms with van der Waals surface area (Å²) in [6, 6.07) is 6.02. The van der Waals surface area contributed by atoms with Gasteiger partial charge in [-0.2, -0.15) is 0 Å². The Morgan fingerprint density at radius 1 is 1.26 bits per heavy atom. The van der Waals surface area contributed by atoms with Crippen molar-refractivity contribution in [2.45, 2.75) is 25.2 Å². The number of aryl methyl sites for hydroxylation is 1. The lowest BCUT2D eigenvalue weighted by Crippen LogP contribution is -2.60. The molecule has 1 amide bonds. The second kappa shape index (κ2) is 7.59. The first kappa shape index (κ1) is 21.2. The molecule has 34 heavy (non-hydrogen) atoms. The first-order valence-corrected chi connectivity index (χ1v) is 11.9. The minimum Gasteiger partial charge on any atom is -0.376 e. The van der Waals surface area contributed by atoms with Gasteiger partial charge in [0.25, 0.3) is 5.92 Å². The zero-order chi connectivity index (χ0) is 23.6. The van der Waals surface area contributed by atoms with Gasteiger partial charge in [0.05, 0.1) is 35.9 Å². The Kier molecular flexibility index (Phi) is 4.73. The lowest BCUT2D eigenvalue weighted by Gasteiger charge is -2.41. The number of fused-ring (bicyclic) bond motifs is 4. The minimum atomic E-state index is -2.74. The van der Waals surface area contributed by atoms with E-state index >= 15 is 0 Å². The smallest absolute Gasteiger partial charge is 0.282 e. The number of amides is 1. The molecule has 1 N–H and O–H groups in total. The maximum Gasteiger partial charge on any atom is 0.282 e. The summed E-state index contributed by atoms with van der Waals surface area (Å²) in [6.45, 7) is -0.924. The van der Waals surface area contributed by atoms with Gasteiger partial charge in [-0.05, 0) is 37.0 Å². The van der Waals surface area contributed by atoms with E-state index in [0.717, 1.165) is 31.9 Å². The lowest BCUT2D eigenvalue weighted by molar-refractivity contribution is -0.169. The number of hydrogen-bond acceptors (Lipinski definition) is 7. The van der Waals surface area contributed by atoms with Gasteiger partial charge in [-0.15, -0.1) is 16.4 Å². The average Bonchev–Trinajstić information content (AvgIpc) is 3.36. The standard InChI is InChI=1S/C23H23F2N7OS/c1-30(2)15-5-4-14-8-18(29-32(14)9-15)28-20-19-16-6-3-13(22(33)31-10-23(24,25)11-31)7-17(16)34-21(19)27-12-26-20/h4-5,8-9,12-13H,3,6-7,10-11H2,1-2H3,(H,26,27,28,29)/t13-/m0/s1. The van der Waals surface area contributed by atoms with Crippen LogP contribution in [0, 0.1) is 5.92 Å². The molecule has 6 rings (SSSR count). The monoisotopic (exact) mass is 483 g/mol. The van der Waals surface area contributed by atoms with Gasteiger partial charge in [0.1, 0.15) is 17.0 Å². The molecule has 0 aromatic carbocycles. The summed E-state index contributed by atoms with van der Waals surface area (Å²) in [5.41, 5.74) is 3.15. The predicted molar refractivity (Wildman–Crippen MR) is 127 cm³/mol. The summed E-state index contributed by atoms with van der Waals surface area (Å²) < 4.78 is 28.3. The zero-order valence-corrected chi connectivity index (χ0v) is 19.6. The molecule has 0 spiro atoms. The number of carbonyl (C=O) groups is 1. The highest BCUT2D eigenvalue weighted by Crippen LogP contribution is 2.41. The topological polar surface area (TPSA) is 78.7 Å². The first-order chi connectivity index (χ1) is 16.3. The third-order valence-electron chi connectivity index (χ3n) is 6.56. The van der Waals surface area contributed by atoms with E-state index in [0.29, 0.717) is 30.9 Å². The largest absolute Gasteiger partial charge is 0.376 e. The quantitative estimate of drug-likeness (QED) is 0.477. The van der Waals surface area contributed by atoms with Gasteiger partial charge in [-0.25, -0.2) is 23.3 Å². The maximum atomic E-state index is 13.2. The van der Waals surface area contributed by atoms with Gasteiger partial charge in [0.15, 0.2) is 5.82 Å². The second-order valence-electron chi connectivity index (χ2n) is 9.20. The molecule has 176 valence electrons. The van der Waals surface area contributed by atoms with E-state index in [1.54, 1.807) is 11.3 Å². The number of nitrogens with one attached hydrogen (secondary N) is 1. The van der Waals surface area contributed by atoms with Crippen LogP contribution in [0.4, 0.5) is 26.1 Å². The molecular formula is C23H23F2N7OS. The molecule has 2 aliphatic rings. The van der Waals surface area contributed by atoms with Crippen LogP contribution in [-0.4, -0.2) is 63.5 Å². The number of aromatic nitrogens is 4. The number of hydrogen-bond donors (Lipinski definition) is 1. The fourth-order valence-corrected chi connectivity index (χ4v) is 6.03. The van der Waals surface area contributed by atoms with Gasteiger partial charge in [0, 0.05) is 31.0 Å². The minimum absolute atomic E-state index is 0.166. The summed E-state index contributed by atoms with van der Waals surface area (Å²) in [4.78, 5) is 26.9. The molecular weight excluding hydrogens is 460 g/mol. The van der Waals surface area contributed by atoms with Crippen molar-refractivity contribution in [3.05, 3.63) is 41.2 Å². The van der Waals surface area contributed by atoms with Crippen molar-refractivity contribution in [1.29, 1.82) is 0 Å². The second-order valence-corrected chi connectivity index (χ2v) is 10.3. The summed E-state index contributed by atoms with van der Waals surface area (Å²) in [5.74, 6) is -1.80. The number of alkyl halides is 2. The number of rotatable bonds is 4. The molecule has 5 heterocycles. The number of thiophene rings is 1. The molecule has 1 aliphatic carbocycles. The SMILES string of the molecule is CN(C)c1ccc2cc(Nc3ncnc4sc5c(c34)CC[C@H](C(=O)N3CC(F)(F)C3)C5)nn2c1. The van der Waals surface area contributed by atoms with Crippen LogP contribution in [0.1, 0.15) is 16.9 Å². The van der Waals surface area contributed by atoms with E-state index in [9.17, 15) is 13.6 Å². The Hall–Kier alpha value is -3.34. The van der Waals surface area contributed by atoms with Gasteiger partial charge in [-0.3, -0.25) is 4.79 Å². The van der Waals surface area contributed by atoms with Crippen LogP contribution in [0.15, 0.2) is 30.7 Å². The highest BCUT2D eigenvalue weighted by Gasteiger charge is 2.48. The Labute approximate surface area is 198 Å². The summed E-state index contributed by atoms with van der Waals surface area (Å²) in [6.07, 6.45) is 5.37. The van der Waals surface area contributed by atoms with Crippen molar-refractivity contribution in [3.8, 4) is 0 Å². The van der Waals surface area contributed by atoms with Crippen molar-refractivity contribution in [2.24, 2.45) is 5.92 Å². The van der Waals surface area contributed by atoms with E-state index in [4.69, 9.17) is 0 Å². The zero-order valence-electron chi connectivity index (χ0n) is 18.8. The Morgan fingerprint density at radius 2 is 2.09 bits per heavy atom. The van der Waals surface area contributed by atoms with Crippen LogP contribution in [0.25, 0.3) is 15.7 Å². The summed E-state index contributed by atoms with van der Waals surface area (Å²) >= 11 is 1.55. The molecule has 1 saturated heterocycles. The highest BCUT2D eigenvalue weighted by molar-refractivity contribution is 7.19. The third-order valence-corrected chi connectivity index (χ3v) is 7.72. The number of pyridine rings is 1. The van der Waals surface area contributed by atoms with E-state index in [2.05, 4.69) is 20.4 Å². The molecule has 11 heteroatoms. The third kappa shape index (κ3) is 3.54. The van der Waals surface area contributed by atoms with E-state index in [-0.39, 0.29) is 11.8 Å². The Morgan fingerprint density at radius 3 is 2.85 bits per heavy atom. The lowest BCUT2D eigenvalue weighted by atomic mass is 9.86. The van der Waals surface area contributed by atoms with Gasteiger partial charge in [0.2, 0.25) is 5.91 Å². The molecule has 0 bridgehead atoms. The highest BCUT2D eigenvalue weighted by atomic mass is 32.1. The normalized spacial score (nSPS) is 19.2. The van der Waals surface area contributed by atoms with Crippen LogP contribution < -0.4 is 10.2 Å². The van der Waals surface area contributed by atoms with Crippen molar-refractivity contribution in [1.82, 2.24) is 24.5 Å². The molecule has 8 nitrogen and oxygen atoms in total. The number of likely N-dealkylation sites (tertiary alicyclic amines) is 1. The molecule has 4 aromatic rings. The number of halogens is 2. The molecule has 0 unspecified atom stereocenters. The molecule has 0 radical (unpaired) electrons. The van der Waals surface area contributed by atoms with Crippen molar-refractivity contribution in [2.75, 3.05) is 37.4 Å². The van der Waals surface area contributed by atoms with Crippen molar-refractivity contribution in [3.63, 3.8) is 0 Å². The average molecular weight is 484 g/mol. The van der Waals surface area contributed by atoms with Gasteiger partial charge >= 0.3 is 0 Å². The van der Waals surface area contributed by atoms with Crippen LogP contribution in [-0.2, 0) is 17.6 Å². The number of nitrogens with zero attached hydrogens (tertiary/aromatic N) is 6. The molecule has 4 aromatic heterocycles. The molecule has 0 saturated carbocycles. The van der Waals surface area contributed by atoms with Gasteiger partial charge < -0.3 is 15.1 Å². The van der Waals surface area contributed by atoms with Crippen LogP contribution in [0.5, 0.6) is 0 Å². The molecule has 1 aliphatic heterocycles. The fraction of sp³-hybridized carbons (Fsp3) is 0.391. The van der Waals surface area contributed by atoms with Crippen molar-refractivity contribution < 1.29 is 13.6 Å². The van der Waals surface area contributed by atoms with Crippen molar-refractivity contribution >= 4 is 50.3 Å². The fourth-order valence-electron chi connectivity index (χ4n) is 4.76. The van der Waals surface area contributed by atoms with E-state index in [1.807, 2.05) is 47.9 Å². The molecule has 1 atom stereocenters. The Balaban J connectivity index is 1.28. The van der Waals surface area contributed by atoms with Gasteiger partial charge in [-0.1, -0.05) is 0 Å². The summed E-state index contributed by atoms with van der Waals surface area (Å²) in [5, 5.41) is 8.95. The number of carbonyl (C=O) groups excluding carboxylic acids is 1. The van der Waals surface area contributed by atoms with Crippen LogP contribution >= 0.6 is 11.3 Å². The maximum absolute atomic E-state index is 13.2. The Bertz CT molecular complexity index is 1420.